The molecule has 154 valence electrons. The van der Waals surface area contributed by atoms with E-state index in [0.717, 1.165) is 64.4 Å². The summed E-state index contributed by atoms with van der Waals surface area (Å²) >= 11 is 0. The number of hydrogen-bond donors (Lipinski definition) is 1. The van der Waals surface area contributed by atoms with E-state index in [-0.39, 0.29) is 11.7 Å². The fraction of sp³-hybridized carbons (Fsp3) is 0.222. The maximum atomic E-state index is 13.6. The molecular formula is C27H23NO3. The highest BCUT2D eigenvalue weighted by atomic mass is 16.5. The maximum Gasteiger partial charge on any atom is 0.169 e. The average Bonchev–Trinajstić information content (AvgIpc) is 2.96. The molecule has 0 atom stereocenters. The predicted molar refractivity (Wildman–Crippen MR) is 120 cm³/mol. The van der Waals surface area contributed by atoms with Crippen LogP contribution in [-0.2, 0) is 11.2 Å². The zero-order chi connectivity index (χ0) is 20.8. The first kappa shape index (κ1) is 18.3. The third-order valence-corrected chi connectivity index (χ3v) is 6.38. The van der Waals surface area contributed by atoms with Crippen molar-refractivity contribution in [3.05, 3.63) is 89.0 Å². The molecule has 3 aliphatic rings. The third-order valence-electron chi connectivity index (χ3n) is 6.38. The fourth-order valence-corrected chi connectivity index (χ4v) is 4.95. The summed E-state index contributed by atoms with van der Waals surface area (Å²) in [6, 6.07) is 20.6. The Kier molecular flexibility index (Phi) is 4.30. The van der Waals surface area contributed by atoms with E-state index in [1.165, 1.54) is 5.56 Å². The molecule has 0 amide bonds. The summed E-state index contributed by atoms with van der Waals surface area (Å²) in [7, 11) is 0. The Morgan fingerprint density at radius 3 is 2.23 bits per heavy atom. The highest BCUT2D eigenvalue weighted by Crippen LogP contribution is 2.45. The summed E-state index contributed by atoms with van der Waals surface area (Å²) in [5.74, 6) is 1.39. The van der Waals surface area contributed by atoms with Crippen molar-refractivity contribution in [1.82, 2.24) is 5.32 Å². The number of rotatable bonds is 2. The van der Waals surface area contributed by atoms with E-state index in [2.05, 4.69) is 35.6 Å². The van der Waals surface area contributed by atoms with Gasteiger partial charge < -0.3 is 14.8 Å². The van der Waals surface area contributed by atoms with Crippen molar-refractivity contribution in [3.8, 4) is 22.6 Å². The first-order valence-corrected chi connectivity index (χ1v) is 10.9. The van der Waals surface area contributed by atoms with E-state index in [4.69, 9.17) is 9.47 Å². The minimum absolute atomic E-state index is 0.0971. The second-order valence-electron chi connectivity index (χ2n) is 8.25. The van der Waals surface area contributed by atoms with Gasteiger partial charge in [0.25, 0.3) is 0 Å². The summed E-state index contributed by atoms with van der Waals surface area (Å²) in [5, 5.41) is 3.44. The largest absolute Gasteiger partial charge is 0.490 e. The van der Waals surface area contributed by atoms with Gasteiger partial charge in [0.15, 0.2) is 17.3 Å². The van der Waals surface area contributed by atoms with Crippen molar-refractivity contribution in [2.75, 3.05) is 19.8 Å². The van der Waals surface area contributed by atoms with Crippen LogP contribution in [-0.4, -0.2) is 25.5 Å². The van der Waals surface area contributed by atoms with E-state index in [9.17, 15) is 4.79 Å². The number of carbonyl (C=O) groups excluding carboxylic acids is 1. The molecular weight excluding hydrogens is 386 g/mol. The average molecular weight is 409 g/mol. The van der Waals surface area contributed by atoms with Gasteiger partial charge in [-0.1, -0.05) is 48.5 Å². The van der Waals surface area contributed by atoms with Crippen LogP contribution in [0.2, 0.25) is 0 Å². The molecule has 0 bridgehead atoms. The van der Waals surface area contributed by atoms with Gasteiger partial charge in [0, 0.05) is 30.3 Å². The minimum atomic E-state index is -0.271. The van der Waals surface area contributed by atoms with E-state index in [1.807, 2.05) is 30.3 Å². The molecule has 2 aliphatic heterocycles. The molecule has 1 N–H and O–H groups in total. The molecule has 0 saturated heterocycles. The van der Waals surface area contributed by atoms with E-state index < -0.39 is 0 Å². The van der Waals surface area contributed by atoms with Gasteiger partial charge in [-0.2, -0.15) is 0 Å². The number of ether oxygens (including phenoxy) is 2. The van der Waals surface area contributed by atoms with Crippen LogP contribution in [0.1, 0.15) is 34.6 Å². The summed E-state index contributed by atoms with van der Waals surface area (Å²) in [6.07, 6.45) is 3.55. The van der Waals surface area contributed by atoms with Crippen LogP contribution in [0.3, 0.4) is 0 Å². The normalized spacial score (nSPS) is 17.9. The zero-order valence-electron chi connectivity index (χ0n) is 17.2. The first-order chi connectivity index (χ1) is 15.3. The van der Waals surface area contributed by atoms with Crippen molar-refractivity contribution in [1.29, 1.82) is 0 Å². The van der Waals surface area contributed by atoms with Crippen molar-refractivity contribution in [2.45, 2.75) is 18.8 Å². The van der Waals surface area contributed by atoms with Gasteiger partial charge in [-0.3, -0.25) is 4.79 Å². The molecule has 2 heterocycles. The van der Waals surface area contributed by atoms with Crippen molar-refractivity contribution in [2.24, 2.45) is 0 Å². The standard InChI is InChI=1S/C27H23NO3/c29-24(27-20-8-3-1-6-18(20)19-7-2-4-9-21(19)27)16-23-22-15-26-25(30-12-5-13-31-26)14-17(22)10-11-28-23/h1-4,6-9,14-16,27-28H,5,10-13H2. The smallest absolute Gasteiger partial charge is 0.169 e. The highest BCUT2D eigenvalue weighted by molar-refractivity contribution is 6.07. The lowest BCUT2D eigenvalue weighted by Crippen LogP contribution is -2.24. The van der Waals surface area contributed by atoms with E-state index in [0.29, 0.717) is 13.2 Å². The molecule has 4 heteroatoms. The molecule has 0 fully saturated rings. The van der Waals surface area contributed by atoms with Crippen LogP contribution < -0.4 is 14.8 Å². The minimum Gasteiger partial charge on any atom is -0.490 e. The molecule has 1 aliphatic carbocycles. The lowest BCUT2D eigenvalue weighted by molar-refractivity contribution is -0.115. The van der Waals surface area contributed by atoms with Gasteiger partial charge in [-0.25, -0.2) is 0 Å². The van der Waals surface area contributed by atoms with Crippen molar-refractivity contribution in [3.63, 3.8) is 0 Å². The van der Waals surface area contributed by atoms with Crippen molar-refractivity contribution < 1.29 is 14.3 Å². The lowest BCUT2D eigenvalue weighted by Gasteiger charge is -2.23. The topological polar surface area (TPSA) is 47.6 Å². The van der Waals surface area contributed by atoms with E-state index >= 15 is 0 Å². The molecule has 0 unspecified atom stereocenters. The molecule has 3 aromatic carbocycles. The van der Waals surface area contributed by atoms with Crippen molar-refractivity contribution >= 4 is 11.5 Å². The number of carbonyl (C=O) groups is 1. The number of fused-ring (bicyclic) bond motifs is 5. The second kappa shape index (κ2) is 7.31. The fourth-order valence-electron chi connectivity index (χ4n) is 4.95. The molecule has 0 spiro atoms. The van der Waals surface area contributed by atoms with Crippen LogP contribution >= 0.6 is 0 Å². The van der Waals surface area contributed by atoms with Crippen LogP contribution in [0.4, 0.5) is 0 Å². The Balaban J connectivity index is 1.42. The molecule has 0 radical (unpaired) electrons. The Morgan fingerprint density at radius 1 is 0.871 bits per heavy atom. The van der Waals surface area contributed by atoms with E-state index in [1.54, 1.807) is 6.08 Å². The summed E-state index contributed by atoms with van der Waals surface area (Å²) in [6.45, 7) is 2.11. The van der Waals surface area contributed by atoms with Crippen LogP contribution in [0.15, 0.2) is 66.7 Å². The van der Waals surface area contributed by atoms with Crippen LogP contribution in [0.5, 0.6) is 11.5 Å². The predicted octanol–water partition coefficient (Wildman–Crippen LogP) is 4.72. The van der Waals surface area contributed by atoms with Gasteiger partial charge in [-0.15, -0.1) is 0 Å². The zero-order valence-corrected chi connectivity index (χ0v) is 17.2. The second-order valence-corrected chi connectivity index (χ2v) is 8.25. The lowest BCUT2D eigenvalue weighted by atomic mass is 9.90. The quantitative estimate of drug-likeness (QED) is 0.623. The Morgan fingerprint density at radius 2 is 1.52 bits per heavy atom. The Bertz CT molecular complexity index is 1180. The van der Waals surface area contributed by atoms with Gasteiger partial charge in [-0.05, 0) is 46.4 Å². The third kappa shape index (κ3) is 3.02. The first-order valence-electron chi connectivity index (χ1n) is 10.9. The number of hydrogen-bond acceptors (Lipinski definition) is 4. The molecule has 0 aromatic heterocycles. The van der Waals surface area contributed by atoms with Crippen LogP contribution in [0, 0.1) is 0 Å². The molecule has 6 rings (SSSR count). The number of ketones is 1. The SMILES string of the molecule is O=C(C=C1NCCc2cc3c(cc21)OCCCO3)C1c2ccccc2-c2ccccc21. The summed E-state index contributed by atoms with van der Waals surface area (Å²) in [5.41, 5.74) is 7.56. The van der Waals surface area contributed by atoms with Crippen LogP contribution in [0.25, 0.3) is 16.8 Å². The van der Waals surface area contributed by atoms with Gasteiger partial charge in [0.2, 0.25) is 0 Å². The molecule has 0 saturated carbocycles. The Labute approximate surface area is 181 Å². The molecule has 31 heavy (non-hydrogen) atoms. The summed E-state index contributed by atoms with van der Waals surface area (Å²) in [4.78, 5) is 13.6. The van der Waals surface area contributed by atoms with Gasteiger partial charge in [0.1, 0.15) is 0 Å². The van der Waals surface area contributed by atoms with Gasteiger partial charge in [0.05, 0.1) is 19.1 Å². The monoisotopic (exact) mass is 409 g/mol. The molecule has 3 aromatic rings. The van der Waals surface area contributed by atoms with Gasteiger partial charge >= 0.3 is 0 Å². The highest BCUT2D eigenvalue weighted by Gasteiger charge is 2.33. The Hall–Kier alpha value is -3.53. The molecule has 4 nitrogen and oxygen atoms in total. The number of benzene rings is 3. The number of allylic oxidation sites excluding steroid dienone is 1. The summed E-state index contributed by atoms with van der Waals surface area (Å²) < 4.78 is 11.8. The maximum absolute atomic E-state index is 13.6. The number of nitrogens with one attached hydrogen (secondary N) is 1.